The van der Waals surface area contributed by atoms with Gasteiger partial charge in [0.1, 0.15) is 33.5 Å². The summed E-state index contributed by atoms with van der Waals surface area (Å²) in [5.41, 5.74) is -1.28. The topological polar surface area (TPSA) is 289 Å². The molecule has 0 aliphatic carbocycles. The third-order valence-corrected chi connectivity index (χ3v) is 8.41. The fourth-order valence-electron chi connectivity index (χ4n) is 4.68. The molecule has 19 nitrogen and oxygen atoms in total. The van der Waals surface area contributed by atoms with Crippen LogP contribution in [-0.4, -0.2) is 47.9 Å². The normalized spacial score (nSPS) is 10.9. The zero-order chi connectivity index (χ0) is 38.6. The van der Waals surface area contributed by atoms with Crippen LogP contribution in [-0.2, 0) is 27.5 Å². The smallest absolute Gasteiger partial charge is 0.506 e. The number of phenolic OH excluding ortho intramolecular Hbond substituents is 3. The number of nitro groups is 2. The fraction of sp³-hybridized carbons (Fsp3) is 0.0312. The number of para-hydroxylation sites is 1. The average molecular weight is 861 g/mol. The van der Waals surface area contributed by atoms with E-state index >= 15 is 0 Å². The van der Waals surface area contributed by atoms with Crippen LogP contribution in [0.4, 0.5) is 34.1 Å². The molecule has 0 saturated heterocycles. The van der Waals surface area contributed by atoms with Crippen molar-refractivity contribution in [3.05, 3.63) is 132 Å². The number of nitro benzene ring substituents is 2. The first-order valence-corrected chi connectivity index (χ1v) is 16.5. The number of aryl methyl sites for hydroxylation is 1. The van der Waals surface area contributed by atoms with Crippen LogP contribution in [0.5, 0.6) is 17.2 Å². The van der Waals surface area contributed by atoms with Crippen LogP contribution < -0.4 is 64.7 Å². The number of aromatic nitrogens is 2. The number of benzene rings is 5. The van der Waals surface area contributed by atoms with Crippen molar-refractivity contribution in [2.45, 2.75) is 11.8 Å². The summed E-state index contributed by atoms with van der Waals surface area (Å²) in [5, 5.41) is 71.1. The molecule has 24 heteroatoms. The number of rotatable bonds is 8. The molecule has 6 aromatic rings. The molecule has 6 rings (SSSR count). The molecule has 0 radical (unpaired) electrons. The first-order valence-electron chi connectivity index (χ1n) is 14.6. The maximum absolute atomic E-state index is 12.6. The minimum Gasteiger partial charge on any atom is -0.506 e. The van der Waals surface area contributed by atoms with Gasteiger partial charge in [-0.15, -0.1) is 20.5 Å². The monoisotopic (exact) mass is 860 g/mol. The number of aromatic hydroxyl groups is 3. The van der Waals surface area contributed by atoms with Crippen LogP contribution in [0.15, 0.2) is 121 Å². The van der Waals surface area contributed by atoms with Crippen LogP contribution in [0, 0.1) is 27.2 Å². The Hall–Kier alpha value is -4.50. The minimum atomic E-state index is -4.94. The maximum Gasteiger partial charge on any atom is 1.00 e. The quantitative estimate of drug-likeness (QED) is 0.0485. The number of halogens is 1. The molecule has 0 bridgehead atoms. The van der Waals surface area contributed by atoms with Crippen LogP contribution in [0.25, 0.3) is 16.5 Å². The third kappa shape index (κ3) is 10.9. The number of nitrogens with one attached hydrogen (secondary N) is 1. The Kier molecular flexibility index (Phi) is 17.1. The molecule has 0 amide bonds. The fourth-order valence-corrected chi connectivity index (χ4v) is 5.52. The van der Waals surface area contributed by atoms with Gasteiger partial charge in [0, 0.05) is 47.0 Å². The summed E-state index contributed by atoms with van der Waals surface area (Å²) in [5.74, 6) is -1.54. The number of phenols is 3. The van der Waals surface area contributed by atoms with E-state index in [9.17, 15) is 48.8 Å². The van der Waals surface area contributed by atoms with E-state index in [1.807, 2.05) is 0 Å². The summed E-state index contributed by atoms with van der Waals surface area (Å²) in [4.78, 5) is 31.8. The predicted octanol–water partition coefficient (Wildman–Crippen LogP) is 1.98. The van der Waals surface area contributed by atoms with Crippen molar-refractivity contribution in [3.8, 4) is 22.9 Å². The molecule has 1 heterocycles. The van der Waals surface area contributed by atoms with Gasteiger partial charge in [-0.25, -0.2) is 4.68 Å². The van der Waals surface area contributed by atoms with E-state index in [1.54, 1.807) is 61.5 Å². The molecular formula is C32H23ClCrN8Na2O11S+2. The van der Waals surface area contributed by atoms with Crippen molar-refractivity contribution < 1.29 is 115 Å². The second-order valence-electron chi connectivity index (χ2n) is 10.7. The van der Waals surface area contributed by atoms with Gasteiger partial charge in [-0.1, -0.05) is 54.1 Å². The molecule has 0 aliphatic heterocycles. The Labute approximate surface area is 375 Å². The number of hydrogen-bond acceptors (Lipinski definition) is 14. The van der Waals surface area contributed by atoms with Gasteiger partial charge in [0.05, 0.1) is 26.3 Å². The summed E-state index contributed by atoms with van der Waals surface area (Å²) in [6.45, 7) is 1.62. The summed E-state index contributed by atoms with van der Waals surface area (Å²) >= 11 is 6.10. The predicted molar refractivity (Wildman–Crippen MR) is 189 cm³/mol. The molecule has 0 aliphatic rings. The molecule has 56 heavy (non-hydrogen) atoms. The summed E-state index contributed by atoms with van der Waals surface area (Å²) < 4.78 is 33.1. The van der Waals surface area contributed by atoms with Crippen molar-refractivity contribution in [2.75, 3.05) is 0 Å². The van der Waals surface area contributed by atoms with Gasteiger partial charge < -0.3 is 15.3 Å². The van der Waals surface area contributed by atoms with Crippen molar-refractivity contribution in [3.63, 3.8) is 0 Å². The summed E-state index contributed by atoms with van der Waals surface area (Å²) in [6, 6.07) is 21.3. The molecule has 0 atom stereocenters. The van der Waals surface area contributed by atoms with Gasteiger partial charge in [0.25, 0.3) is 27.1 Å². The number of nitrogens with zero attached hydrogens (tertiary/aromatic N) is 7. The second-order valence-corrected chi connectivity index (χ2v) is 12.5. The number of H-pyrrole nitrogens is 1. The summed E-state index contributed by atoms with van der Waals surface area (Å²) in [7, 11) is -4.94. The van der Waals surface area contributed by atoms with Crippen LogP contribution in [0.2, 0.25) is 5.02 Å². The van der Waals surface area contributed by atoms with Crippen molar-refractivity contribution in [1.82, 2.24) is 9.78 Å². The first kappa shape index (κ1) is 47.7. The van der Waals surface area contributed by atoms with E-state index in [4.69, 9.17) is 16.2 Å². The van der Waals surface area contributed by atoms with Crippen LogP contribution in [0.1, 0.15) is 5.69 Å². The van der Waals surface area contributed by atoms with Gasteiger partial charge >= 0.3 is 59.1 Å². The van der Waals surface area contributed by atoms with Crippen LogP contribution in [0.3, 0.4) is 0 Å². The van der Waals surface area contributed by atoms with E-state index in [0.29, 0.717) is 27.9 Å². The Balaban J connectivity index is 0.000000367. The Bertz CT molecular complexity index is 2680. The SMILES string of the molecule is Cc1[nH]n(-c2ccccc2Cl)c(=O)c1N=Nc1cc([N+](=O)[O-])ccc1O.O=[N+]([O-])c1cc(N=Nc2c(O)ccc3ccccc23)c(O)c(S(=O)(=O)O)c1.[Cr].[Na+].[Na+]. The van der Waals surface area contributed by atoms with E-state index in [1.165, 1.54) is 10.7 Å². The Morgan fingerprint density at radius 3 is 1.96 bits per heavy atom. The van der Waals surface area contributed by atoms with Gasteiger partial charge in [0.15, 0.2) is 11.4 Å². The van der Waals surface area contributed by atoms with E-state index in [-0.39, 0.29) is 111 Å². The van der Waals surface area contributed by atoms with Crippen LogP contribution >= 0.6 is 11.6 Å². The molecule has 1 aromatic heterocycles. The maximum atomic E-state index is 12.6. The third-order valence-electron chi connectivity index (χ3n) is 7.23. The van der Waals surface area contributed by atoms with Crippen molar-refractivity contribution >= 4 is 66.6 Å². The molecule has 0 spiro atoms. The molecule has 0 saturated carbocycles. The van der Waals surface area contributed by atoms with Gasteiger partial charge in [0.2, 0.25) is 0 Å². The zero-order valence-electron chi connectivity index (χ0n) is 29.1. The number of hydrogen-bond donors (Lipinski definition) is 5. The number of azo groups is 2. The molecule has 0 fully saturated rings. The Morgan fingerprint density at radius 1 is 0.750 bits per heavy atom. The Morgan fingerprint density at radius 2 is 1.32 bits per heavy atom. The number of aromatic amines is 1. The minimum absolute atomic E-state index is 0. The van der Waals surface area contributed by atoms with E-state index in [2.05, 4.69) is 25.6 Å². The largest absolute Gasteiger partial charge is 1.00 e. The van der Waals surface area contributed by atoms with E-state index in [0.717, 1.165) is 29.7 Å². The van der Waals surface area contributed by atoms with Gasteiger partial charge in [-0.3, -0.25) is 34.7 Å². The molecule has 0 unspecified atom stereocenters. The average Bonchev–Trinajstić information content (AvgIpc) is 3.39. The number of non-ortho nitro benzene ring substituents is 2. The van der Waals surface area contributed by atoms with Gasteiger partial charge in [-0.2, -0.15) is 8.42 Å². The van der Waals surface area contributed by atoms with Crippen molar-refractivity contribution in [1.29, 1.82) is 0 Å². The van der Waals surface area contributed by atoms with E-state index < -0.39 is 47.5 Å². The molecular weight excluding hydrogens is 838 g/mol. The number of fused-ring (bicyclic) bond motifs is 1. The standard InChI is InChI=1S/C16H12ClN5O4.C16H11N3O7S.Cr.2Na/c1-9-15(16(24)21(20-9)13-5-3-2-4-11(13)17)19-18-12-8-10(22(25)26)6-7-14(12)23;20-13-6-5-9-3-1-2-4-11(9)15(13)18-17-12-7-10(19(22)23)8-14(16(12)21)27(24,25)26;;;/h2-8,20,23H,1H3;1-8,20-21H,(H,24,25,26);;;/q;;;2*+1. The summed E-state index contributed by atoms with van der Waals surface area (Å²) in [6.07, 6.45) is 0. The van der Waals surface area contributed by atoms with Gasteiger partial charge in [-0.05, 0) is 36.6 Å². The molecule has 5 aromatic carbocycles. The van der Waals surface area contributed by atoms with Crippen molar-refractivity contribution in [2.24, 2.45) is 20.5 Å². The first-order chi connectivity index (χ1) is 25.1. The zero-order valence-corrected chi connectivity index (χ0v) is 36.0. The molecule has 276 valence electrons. The second kappa shape index (κ2) is 20.1. The molecule has 5 N–H and O–H groups in total.